The number of anilines is 1. The van der Waals surface area contributed by atoms with Crippen LogP contribution in [0.1, 0.15) is 15.9 Å². The van der Waals surface area contributed by atoms with Gasteiger partial charge in [-0.25, -0.2) is 14.5 Å². The molecule has 1 saturated heterocycles. The van der Waals surface area contributed by atoms with E-state index in [9.17, 15) is 19.2 Å². The Labute approximate surface area is 200 Å². The normalized spacial score (nSPS) is 14.9. The van der Waals surface area contributed by atoms with Crippen molar-refractivity contribution in [2.75, 3.05) is 18.6 Å². The number of carbonyl (C=O) groups is 4. The SMILES string of the molecule is C=CCOc1c(Br)cc(Br)cc1/C=C1\C(=O)NC(=O)N(c2ccc(C(=O)OC)cc2)C1=O. The molecule has 164 valence electrons. The Morgan fingerprint density at radius 2 is 1.84 bits per heavy atom. The third kappa shape index (κ3) is 4.81. The lowest BCUT2D eigenvalue weighted by atomic mass is 10.1. The fraction of sp³-hybridized carbons (Fsp3) is 0.0909. The molecule has 1 fully saturated rings. The summed E-state index contributed by atoms with van der Waals surface area (Å²) in [6.45, 7) is 3.81. The number of nitrogens with zero attached hydrogens (tertiary/aromatic N) is 1. The Kier molecular flexibility index (Phi) is 7.26. The van der Waals surface area contributed by atoms with Gasteiger partial charge in [-0.15, -0.1) is 0 Å². The monoisotopic (exact) mass is 562 g/mol. The van der Waals surface area contributed by atoms with Crippen molar-refractivity contribution in [3.63, 3.8) is 0 Å². The molecule has 1 aliphatic rings. The van der Waals surface area contributed by atoms with E-state index in [0.717, 1.165) is 4.90 Å². The molecule has 0 unspecified atom stereocenters. The van der Waals surface area contributed by atoms with Crippen molar-refractivity contribution < 1.29 is 28.7 Å². The molecule has 0 bridgehead atoms. The zero-order valence-corrected chi connectivity index (χ0v) is 19.9. The highest BCUT2D eigenvalue weighted by Gasteiger charge is 2.37. The van der Waals surface area contributed by atoms with E-state index in [2.05, 4.69) is 48.5 Å². The number of urea groups is 1. The Balaban J connectivity index is 2.03. The van der Waals surface area contributed by atoms with Crippen molar-refractivity contribution in [2.45, 2.75) is 0 Å². The standard InChI is InChI=1S/C22H16Br2N2O6/c1-3-8-32-18-13(9-14(23)11-17(18)24)10-16-19(27)25-22(30)26(20(16)28)15-6-4-12(5-7-15)21(29)31-2/h3-7,9-11H,1,8H2,2H3,(H,25,27,30)/b16-10+. The number of ether oxygens (including phenoxy) is 2. The minimum absolute atomic E-state index is 0.178. The van der Waals surface area contributed by atoms with Crippen LogP contribution in [0, 0.1) is 0 Å². The fourth-order valence-electron chi connectivity index (χ4n) is 2.89. The van der Waals surface area contributed by atoms with Gasteiger partial charge in [-0.1, -0.05) is 28.6 Å². The number of methoxy groups -OCH3 is 1. The third-order valence-corrected chi connectivity index (χ3v) is 5.38. The summed E-state index contributed by atoms with van der Waals surface area (Å²) < 4.78 is 11.6. The quantitative estimate of drug-likeness (QED) is 0.244. The van der Waals surface area contributed by atoms with E-state index in [4.69, 9.17) is 4.74 Å². The molecule has 32 heavy (non-hydrogen) atoms. The molecule has 2 aromatic rings. The molecule has 1 N–H and O–H groups in total. The number of carbonyl (C=O) groups excluding carboxylic acids is 4. The van der Waals surface area contributed by atoms with E-state index in [1.165, 1.54) is 37.5 Å². The molecule has 0 aromatic heterocycles. The lowest BCUT2D eigenvalue weighted by Gasteiger charge is -2.26. The summed E-state index contributed by atoms with van der Waals surface area (Å²) >= 11 is 6.77. The molecular weight excluding hydrogens is 548 g/mol. The molecule has 2 aromatic carbocycles. The first-order chi connectivity index (χ1) is 15.3. The maximum atomic E-state index is 13.1. The highest BCUT2D eigenvalue weighted by Crippen LogP contribution is 2.35. The average molecular weight is 564 g/mol. The Hall–Kier alpha value is -3.24. The van der Waals surface area contributed by atoms with E-state index in [1.54, 1.807) is 18.2 Å². The van der Waals surface area contributed by atoms with E-state index < -0.39 is 23.8 Å². The average Bonchev–Trinajstić information content (AvgIpc) is 2.75. The number of imide groups is 2. The van der Waals surface area contributed by atoms with Crippen LogP contribution in [0.3, 0.4) is 0 Å². The minimum atomic E-state index is -0.901. The van der Waals surface area contributed by atoms with Crippen LogP contribution in [0.15, 0.2) is 63.6 Å². The molecule has 0 atom stereocenters. The number of barbiturate groups is 1. The first-order valence-corrected chi connectivity index (χ1v) is 10.7. The van der Waals surface area contributed by atoms with Crippen LogP contribution in [0.25, 0.3) is 6.08 Å². The predicted molar refractivity (Wildman–Crippen MR) is 124 cm³/mol. The van der Waals surface area contributed by atoms with Gasteiger partial charge in [-0.05, 0) is 58.4 Å². The van der Waals surface area contributed by atoms with Gasteiger partial charge in [0.1, 0.15) is 17.9 Å². The van der Waals surface area contributed by atoms with Crippen LogP contribution < -0.4 is 15.0 Å². The molecule has 10 heteroatoms. The summed E-state index contributed by atoms with van der Waals surface area (Å²) in [6, 6.07) is 8.16. The number of rotatable bonds is 6. The maximum absolute atomic E-state index is 13.1. The first kappa shape index (κ1) is 23.4. The molecular formula is C22H16Br2N2O6. The van der Waals surface area contributed by atoms with E-state index in [0.29, 0.717) is 20.3 Å². The highest BCUT2D eigenvalue weighted by atomic mass is 79.9. The molecule has 8 nitrogen and oxygen atoms in total. The number of hydrogen-bond acceptors (Lipinski definition) is 6. The summed E-state index contributed by atoms with van der Waals surface area (Å²) in [5, 5.41) is 2.16. The number of benzene rings is 2. The Morgan fingerprint density at radius 3 is 2.47 bits per heavy atom. The number of amides is 4. The minimum Gasteiger partial charge on any atom is -0.488 e. The maximum Gasteiger partial charge on any atom is 0.337 e. The van der Waals surface area contributed by atoms with Crippen LogP contribution in [-0.4, -0.2) is 37.5 Å². The van der Waals surface area contributed by atoms with Gasteiger partial charge in [0, 0.05) is 10.0 Å². The highest BCUT2D eigenvalue weighted by molar-refractivity contribution is 9.11. The largest absolute Gasteiger partial charge is 0.488 e. The van der Waals surface area contributed by atoms with Gasteiger partial charge in [0.05, 0.1) is 22.8 Å². The molecule has 0 saturated carbocycles. The van der Waals surface area contributed by atoms with E-state index in [1.807, 2.05) is 0 Å². The molecule has 1 heterocycles. The summed E-state index contributed by atoms with van der Waals surface area (Å²) in [5.41, 5.74) is 0.588. The van der Waals surface area contributed by atoms with Gasteiger partial charge < -0.3 is 9.47 Å². The Bertz CT molecular complexity index is 1160. The second kappa shape index (κ2) is 9.92. The van der Waals surface area contributed by atoms with Crippen LogP contribution in [-0.2, 0) is 14.3 Å². The second-order valence-electron chi connectivity index (χ2n) is 6.40. The van der Waals surface area contributed by atoms with Crippen molar-refractivity contribution in [1.82, 2.24) is 5.32 Å². The van der Waals surface area contributed by atoms with Gasteiger partial charge >= 0.3 is 12.0 Å². The topological polar surface area (TPSA) is 102 Å². The summed E-state index contributed by atoms with van der Waals surface area (Å²) in [4.78, 5) is 50.5. The number of halogens is 2. The molecule has 0 radical (unpaired) electrons. The summed E-state index contributed by atoms with van der Waals surface area (Å²) in [6.07, 6.45) is 2.90. The van der Waals surface area contributed by atoms with E-state index >= 15 is 0 Å². The summed E-state index contributed by atoms with van der Waals surface area (Å²) in [5.74, 6) is -1.83. The van der Waals surface area contributed by atoms with Crippen LogP contribution in [0.5, 0.6) is 5.75 Å². The molecule has 1 aliphatic heterocycles. The van der Waals surface area contributed by atoms with Crippen molar-refractivity contribution in [2.24, 2.45) is 0 Å². The van der Waals surface area contributed by atoms with Gasteiger partial charge in [0.15, 0.2) is 0 Å². The number of nitrogens with one attached hydrogen (secondary N) is 1. The number of esters is 1. The lowest BCUT2D eigenvalue weighted by molar-refractivity contribution is -0.122. The molecule has 0 spiro atoms. The second-order valence-corrected chi connectivity index (χ2v) is 8.17. The predicted octanol–water partition coefficient (Wildman–Crippen LogP) is 4.23. The lowest BCUT2D eigenvalue weighted by Crippen LogP contribution is -2.54. The molecule has 3 rings (SSSR count). The zero-order valence-electron chi connectivity index (χ0n) is 16.7. The van der Waals surface area contributed by atoms with Gasteiger partial charge in [-0.2, -0.15) is 0 Å². The van der Waals surface area contributed by atoms with Crippen molar-refractivity contribution in [3.05, 3.63) is 74.7 Å². The summed E-state index contributed by atoms with van der Waals surface area (Å²) in [7, 11) is 1.24. The van der Waals surface area contributed by atoms with E-state index in [-0.39, 0.29) is 23.4 Å². The van der Waals surface area contributed by atoms with Gasteiger partial charge in [-0.3, -0.25) is 14.9 Å². The smallest absolute Gasteiger partial charge is 0.337 e. The van der Waals surface area contributed by atoms with Crippen LogP contribution in [0.2, 0.25) is 0 Å². The first-order valence-electron chi connectivity index (χ1n) is 9.09. The van der Waals surface area contributed by atoms with Crippen molar-refractivity contribution in [1.29, 1.82) is 0 Å². The number of hydrogen-bond donors (Lipinski definition) is 1. The van der Waals surface area contributed by atoms with Crippen LogP contribution in [0.4, 0.5) is 10.5 Å². The third-order valence-electron chi connectivity index (χ3n) is 4.33. The van der Waals surface area contributed by atoms with Crippen LogP contribution >= 0.6 is 31.9 Å². The van der Waals surface area contributed by atoms with Crippen molar-refractivity contribution >= 4 is 67.4 Å². The van der Waals surface area contributed by atoms with Crippen molar-refractivity contribution in [3.8, 4) is 5.75 Å². The van der Waals surface area contributed by atoms with Gasteiger partial charge in [0.2, 0.25) is 0 Å². The Morgan fingerprint density at radius 1 is 1.16 bits per heavy atom. The van der Waals surface area contributed by atoms with Gasteiger partial charge in [0.25, 0.3) is 11.8 Å². The molecule has 4 amide bonds. The zero-order chi connectivity index (χ0) is 23.4. The molecule has 0 aliphatic carbocycles. The fourth-order valence-corrected chi connectivity index (χ4v) is 4.27.